The summed E-state index contributed by atoms with van der Waals surface area (Å²) in [7, 11) is 0. The van der Waals surface area contributed by atoms with Crippen LogP contribution in [0.5, 0.6) is 0 Å². The number of carbonyl (C=O) groups excluding carboxylic acids is 1. The van der Waals surface area contributed by atoms with Crippen LogP contribution in [0.2, 0.25) is 10.0 Å². The molecule has 0 bridgehead atoms. The Morgan fingerprint density at radius 2 is 1.79 bits per heavy atom. The Kier molecular flexibility index (Phi) is 6.74. The number of hydrogen-bond acceptors (Lipinski definition) is 4. The normalized spacial score (nSPS) is 19.3. The third-order valence-corrected chi connectivity index (χ3v) is 7.64. The van der Waals surface area contributed by atoms with E-state index in [1.54, 1.807) is 0 Å². The first kappa shape index (κ1) is 23.5. The monoisotopic (exact) mass is 500 g/mol. The van der Waals surface area contributed by atoms with Crippen LogP contribution in [0.15, 0.2) is 36.4 Å². The molecule has 0 aliphatic carbocycles. The Balaban J connectivity index is 1.42. The number of amides is 1. The fraction of sp³-hybridized carbons (Fsp3) is 0.462. The van der Waals surface area contributed by atoms with E-state index in [-0.39, 0.29) is 17.9 Å². The van der Waals surface area contributed by atoms with Gasteiger partial charge in [-0.2, -0.15) is 0 Å². The summed E-state index contributed by atoms with van der Waals surface area (Å²) >= 11 is 12.7. The molecular weight excluding hydrogens is 471 g/mol. The smallest absolute Gasteiger partial charge is 0.223 e. The lowest BCUT2D eigenvalue weighted by Crippen LogP contribution is -2.44. The number of carbonyl (C=O) groups is 1. The summed E-state index contributed by atoms with van der Waals surface area (Å²) in [4.78, 5) is 20.0. The highest BCUT2D eigenvalue weighted by molar-refractivity contribution is 6.42. The fourth-order valence-electron chi connectivity index (χ4n) is 4.84. The van der Waals surface area contributed by atoms with Crippen molar-refractivity contribution in [1.82, 2.24) is 14.9 Å². The zero-order valence-electron chi connectivity index (χ0n) is 19.6. The van der Waals surface area contributed by atoms with Gasteiger partial charge < -0.3 is 15.0 Å². The SMILES string of the molecule is CC(C)c1ccc(-n2c(N3CCC(C(=O)N[C@@H]4CCOC4)CC3)nc3cc(Cl)c(Cl)cc32)cc1. The number of imidazole rings is 1. The number of aromatic nitrogens is 2. The summed E-state index contributed by atoms with van der Waals surface area (Å²) < 4.78 is 7.54. The van der Waals surface area contributed by atoms with E-state index in [0.717, 1.165) is 61.6 Å². The average Bonchev–Trinajstić information content (AvgIpc) is 3.47. The van der Waals surface area contributed by atoms with E-state index in [2.05, 4.69) is 52.9 Å². The number of hydrogen-bond donors (Lipinski definition) is 1. The second kappa shape index (κ2) is 9.76. The third-order valence-electron chi connectivity index (χ3n) is 6.92. The zero-order valence-corrected chi connectivity index (χ0v) is 21.1. The van der Waals surface area contributed by atoms with Crippen LogP contribution in [0.1, 0.15) is 44.6 Å². The molecule has 1 N–H and O–H groups in total. The number of piperidine rings is 1. The van der Waals surface area contributed by atoms with Gasteiger partial charge in [0.15, 0.2) is 0 Å². The number of rotatable bonds is 5. The zero-order chi connectivity index (χ0) is 23.8. The number of halogens is 2. The van der Waals surface area contributed by atoms with Crippen LogP contribution in [0.3, 0.4) is 0 Å². The molecule has 1 atom stereocenters. The molecule has 8 heteroatoms. The molecule has 0 saturated carbocycles. The van der Waals surface area contributed by atoms with Crippen LogP contribution >= 0.6 is 23.2 Å². The lowest BCUT2D eigenvalue weighted by Gasteiger charge is -2.32. The van der Waals surface area contributed by atoms with E-state index < -0.39 is 0 Å². The summed E-state index contributed by atoms with van der Waals surface area (Å²) in [5, 5.41) is 4.15. The van der Waals surface area contributed by atoms with Crippen LogP contribution in [0.25, 0.3) is 16.7 Å². The molecule has 2 aliphatic rings. The van der Waals surface area contributed by atoms with Gasteiger partial charge in [-0.15, -0.1) is 0 Å². The molecular formula is C26H30Cl2N4O2. The van der Waals surface area contributed by atoms with Gasteiger partial charge in [-0.25, -0.2) is 4.98 Å². The van der Waals surface area contributed by atoms with Crippen molar-refractivity contribution in [2.24, 2.45) is 5.92 Å². The van der Waals surface area contributed by atoms with E-state index in [9.17, 15) is 4.79 Å². The standard InChI is InChI=1S/C26H30Cl2N4O2/c1-16(2)17-3-5-20(6-4-17)32-24-14-22(28)21(27)13-23(24)30-26(32)31-10-7-18(8-11-31)25(33)29-19-9-12-34-15-19/h3-6,13-14,16,18-19H,7-12,15H2,1-2H3,(H,29,33)/t19-/m1/s1. The maximum atomic E-state index is 12.8. The summed E-state index contributed by atoms with van der Waals surface area (Å²) in [6.45, 7) is 7.24. The highest BCUT2D eigenvalue weighted by atomic mass is 35.5. The number of nitrogens with zero attached hydrogens (tertiary/aromatic N) is 3. The van der Waals surface area contributed by atoms with Crippen molar-refractivity contribution >= 4 is 46.1 Å². The van der Waals surface area contributed by atoms with Crippen LogP contribution < -0.4 is 10.2 Å². The van der Waals surface area contributed by atoms with E-state index in [1.165, 1.54) is 5.56 Å². The molecule has 2 fully saturated rings. The van der Waals surface area contributed by atoms with Crippen molar-refractivity contribution in [3.05, 3.63) is 52.0 Å². The molecule has 34 heavy (non-hydrogen) atoms. The fourth-order valence-corrected chi connectivity index (χ4v) is 5.16. The Morgan fingerprint density at radius 3 is 2.44 bits per heavy atom. The van der Waals surface area contributed by atoms with E-state index in [1.807, 2.05) is 12.1 Å². The highest BCUT2D eigenvalue weighted by Crippen LogP contribution is 2.35. The molecule has 1 amide bonds. The van der Waals surface area contributed by atoms with Crippen LogP contribution in [-0.2, 0) is 9.53 Å². The Hall–Kier alpha value is -2.28. The second-order valence-corrected chi connectivity index (χ2v) is 10.4. The third kappa shape index (κ3) is 4.64. The van der Waals surface area contributed by atoms with Gasteiger partial charge in [-0.05, 0) is 55.0 Å². The van der Waals surface area contributed by atoms with Gasteiger partial charge in [0.2, 0.25) is 11.9 Å². The highest BCUT2D eigenvalue weighted by Gasteiger charge is 2.30. The van der Waals surface area contributed by atoms with Gasteiger partial charge in [-0.1, -0.05) is 49.2 Å². The van der Waals surface area contributed by atoms with Crippen LogP contribution in [0, 0.1) is 5.92 Å². The Bertz CT molecular complexity index is 1180. The van der Waals surface area contributed by atoms with Crippen molar-refractivity contribution in [2.45, 2.75) is 45.1 Å². The largest absolute Gasteiger partial charge is 0.379 e. The van der Waals surface area contributed by atoms with E-state index in [4.69, 9.17) is 32.9 Å². The van der Waals surface area contributed by atoms with E-state index >= 15 is 0 Å². The summed E-state index contributed by atoms with van der Waals surface area (Å²) in [6, 6.07) is 12.4. The number of fused-ring (bicyclic) bond motifs is 1. The molecule has 0 radical (unpaired) electrons. The molecule has 2 aromatic carbocycles. The first-order chi connectivity index (χ1) is 16.4. The van der Waals surface area contributed by atoms with Gasteiger partial charge in [0, 0.05) is 31.3 Å². The Morgan fingerprint density at radius 1 is 1.09 bits per heavy atom. The molecule has 3 heterocycles. The van der Waals surface area contributed by atoms with Gasteiger partial charge >= 0.3 is 0 Å². The van der Waals surface area contributed by atoms with Gasteiger partial charge in [0.1, 0.15) is 0 Å². The van der Waals surface area contributed by atoms with Crippen molar-refractivity contribution < 1.29 is 9.53 Å². The number of ether oxygens (including phenoxy) is 1. The summed E-state index contributed by atoms with van der Waals surface area (Å²) in [6.07, 6.45) is 2.47. The minimum Gasteiger partial charge on any atom is -0.379 e. The summed E-state index contributed by atoms with van der Waals surface area (Å²) in [5.74, 6) is 1.48. The molecule has 2 aliphatic heterocycles. The molecule has 0 spiro atoms. The maximum absolute atomic E-state index is 12.8. The predicted octanol–water partition coefficient (Wildman–Crippen LogP) is 5.58. The van der Waals surface area contributed by atoms with Gasteiger partial charge in [0.25, 0.3) is 0 Å². The molecule has 3 aromatic rings. The number of anilines is 1. The van der Waals surface area contributed by atoms with E-state index in [0.29, 0.717) is 22.6 Å². The maximum Gasteiger partial charge on any atom is 0.223 e. The van der Waals surface area contributed by atoms with Crippen molar-refractivity contribution in [2.75, 3.05) is 31.2 Å². The average molecular weight is 501 g/mol. The topological polar surface area (TPSA) is 59.4 Å². The molecule has 6 nitrogen and oxygen atoms in total. The molecule has 1 aromatic heterocycles. The number of nitrogens with one attached hydrogen (secondary N) is 1. The minimum atomic E-state index is 0.0175. The second-order valence-electron chi connectivity index (χ2n) is 9.58. The first-order valence-corrected chi connectivity index (χ1v) is 12.8. The minimum absolute atomic E-state index is 0.0175. The van der Waals surface area contributed by atoms with Crippen molar-refractivity contribution in [1.29, 1.82) is 0 Å². The first-order valence-electron chi connectivity index (χ1n) is 12.0. The van der Waals surface area contributed by atoms with Crippen molar-refractivity contribution in [3.63, 3.8) is 0 Å². The molecule has 0 unspecified atom stereocenters. The number of benzene rings is 2. The lowest BCUT2D eigenvalue weighted by atomic mass is 9.95. The quantitative estimate of drug-likeness (QED) is 0.496. The predicted molar refractivity (Wildman–Crippen MR) is 137 cm³/mol. The molecule has 180 valence electrons. The molecule has 5 rings (SSSR count). The Labute approximate surface area is 210 Å². The van der Waals surface area contributed by atoms with Crippen LogP contribution in [-0.4, -0.2) is 47.8 Å². The van der Waals surface area contributed by atoms with Crippen LogP contribution in [0.4, 0.5) is 5.95 Å². The molecule has 2 saturated heterocycles. The summed E-state index contributed by atoms with van der Waals surface area (Å²) in [5.41, 5.74) is 4.04. The lowest BCUT2D eigenvalue weighted by molar-refractivity contribution is -0.126. The van der Waals surface area contributed by atoms with Gasteiger partial charge in [-0.3, -0.25) is 9.36 Å². The van der Waals surface area contributed by atoms with Gasteiger partial charge in [0.05, 0.1) is 33.7 Å². The van der Waals surface area contributed by atoms with Crippen molar-refractivity contribution in [3.8, 4) is 5.69 Å².